The van der Waals surface area contributed by atoms with Gasteiger partial charge < -0.3 is 4.74 Å². The molecule has 0 saturated carbocycles. The molecule has 0 saturated heterocycles. The standard InChI is InChI=1S/C16H14N4O3/c1-12-9-19-14(10-18-12)16(22)23-11-15(21)20(8-7-17)13-5-3-2-4-6-13/h2-6,9-10H,8,11H2,1H3. The number of nitrogens with zero attached hydrogens (tertiary/aromatic N) is 4. The summed E-state index contributed by atoms with van der Waals surface area (Å²) in [5.74, 6) is -1.23. The first-order chi connectivity index (χ1) is 11.1. The zero-order valence-corrected chi connectivity index (χ0v) is 12.5. The molecule has 0 N–H and O–H groups in total. The molecule has 0 aliphatic heterocycles. The Bertz CT molecular complexity index is 723. The largest absolute Gasteiger partial charge is 0.451 e. The summed E-state index contributed by atoms with van der Waals surface area (Å²) < 4.78 is 4.94. The number of aryl methyl sites for hydroxylation is 1. The number of hydrogen-bond donors (Lipinski definition) is 0. The van der Waals surface area contributed by atoms with E-state index in [1.165, 1.54) is 17.3 Å². The number of aromatic nitrogens is 2. The molecule has 0 aliphatic carbocycles. The normalized spacial score (nSPS) is 9.74. The van der Waals surface area contributed by atoms with E-state index < -0.39 is 18.5 Å². The Balaban J connectivity index is 2.01. The van der Waals surface area contributed by atoms with E-state index in [2.05, 4.69) is 9.97 Å². The van der Waals surface area contributed by atoms with Crippen molar-refractivity contribution in [3.05, 3.63) is 54.1 Å². The third-order valence-electron chi connectivity index (χ3n) is 2.91. The lowest BCUT2D eigenvalue weighted by atomic mass is 10.3. The Labute approximate surface area is 133 Å². The van der Waals surface area contributed by atoms with E-state index in [9.17, 15) is 9.59 Å². The van der Waals surface area contributed by atoms with Gasteiger partial charge >= 0.3 is 5.97 Å². The van der Waals surface area contributed by atoms with Gasteiger partial charge in [0.2, 0.25) is 0 Å². The first kappa shape index (κ1) is 16.1. The number of ether oxygens (including phenoxy) is 1. The number of benzene rings is 1. The molecule has 2 rings (SSSR count). The molecule has 0 fully saturated rings. The van der Waals surface area contributed by atoms with Gasteiger partial charge in [-0.3, -0.25) is 14.7 Å². The van der Waals surface area contributed by atoms with Crippen molar-refractivity contribution in [3.63, 3.8) is 0 Å². The molecule has 0 aliphatic rings. The highest BCUT2D eigenvalue weighted by Gasteiger charge is 2.18. The van der Waals surface area contributed by atoms with Crippen LogP contribution in [0.3, 0.4) is 0 Å². The average molecular weight is 310 g/mol. The third kappa shape index (κ3) is 4.35. The van der Waals surface area contributed by atoms with Gasteiger partial charge in [-0.1, -0.05) is 18.2 Å². The van der Waals surface area contributed by atoms with E-state index in [0.717, 1.165) is 0 Å². The lowest BCUT2D eigenvalue weighted by molar-refractivity contribution is -0.121. The molecular formula is C16H14N4O3. The summed E-state index contributed by atoms with van der Waals surface area (Å²) in [5, 5.41) is 8.86. The number of para-hydroxylation sites is 1. The topological polar surface area (TPSA) is 96.2 Å². The molecule has 7 nitrogen and oxygen atoms in total. The van der Waals surface area contributed by atoms with Crippen LogP contribution >= 0.6 is 0 Å². The molecule has 23 heavy (non-hydrogen) atoms. The minimum Gasteiger partial charge on any atom is -0.451 e. The molecule has 7 heteroatoms. The Morgan fingerprint density at radius 1 is 1.22 bits per heavy atom. The van der Waals surface area contributed by atoms with Crippen molar-refractivity contribution in [2.24, 2.45) is 0 Å². The molecule has 0 bridgehead atoms. The summed E-state index contributed by atoms with van der Waals surface area (Å²) in [6.45, 7) is 1.13. The van der Waals surface area contributed by atoms with Crippen molar-refractivity contribution < 1.29 is 14.3 Å². The van der Waals surface area contributed by atoms with Crippen molar-refractivity contribution in [2.75, 3.05) is 18.1 Å². The van der Waals surface area contributed by atoms with Gasteiger partial charge in [0.05, 0.1) is 18.0 Å². The van der Waals surface area contributed by atoms with E-state index in [1.807, 2.05) is 6.07 Å². The molecule has 1 heterocycles. The molecule has 0 radical (unpaired) electrons. The van der Waals surface area contributed by atoms with Crippen LogP contribution in [0.5, 0.6) is 0 Å². The summed E-state index contributed by atoms with van der Waals surface area (Å²) in [5.41, 5.74) is 1.25. The smallest absolute Gasteiger partial charge is 0.359 e. The van der Waals surface area contributed by atoms with Crippen molar-refractivity contribution in [3.8, 4) is 6.07 Å². The van der Waals surface area contributed by atoms with Gasteiger partial charge in [-0.25, -0.2) is 9.78 Å². The van der Waals surface area contributed by atoms with E-state index in [0.29, 0.717) is 11.4 Å². The fourth-order valence-corrected chi connectivity index (χ4v) is 1.78. The molecular weight excluding hydrogens is 296 g/mol. The Morgan fingerprint density at radius 3 is 2.57 bits per heavy atom. The van der Waals surface area contributed by atoms with E-state index in [1.54, 1.807) is 37.3 Å². The summed E-state index contributed by atoms with van der Waals surface area (Å²) >= 11 is 0. The maximum Gasteiger partial charge on any atom is 0.359 e. The lowest BCUT2D eigenvalue weighted by Crippen LogP contribution is -2.35. The monoisotopic (exact) mass is 310 g/mol. The van der Waals surface area contributed by atoms with Gasteiger partial charge in [0, 0.05) is 11.9 Å². The fourth-order valence-electron chi connectivity index (χ4n) is 1.78. The van der Waals surface area contributed by atoms with Gasteiger partial charge in [-0.15, -0.1) is 0 Å². The van der Waals surface area contributed by atoms with Crippen molar-refractivity contribution in [2.45, 2.75) is 6.92 Å². The quantitative estimate of drug-likeness (QED) is 0.613. The number of carbonyl (C=O) groups is 2. The summed E-state index contributed by atoms with van der Waals surface area (Å²) in [4.78, 5) is 33.1. The highest BCUT2D eigenvalue weighted by atomic mass is 16.5. The second-order valence-electron chi connectivity index (χ2n) is 4.59. The van der Waals surface area contributed by atoms with Crippen LogP contribution in [0.4, 0.5) is 5.69 Å². The number of esters is 1. The lowest BCUT2D eigenvalue weighted by Gasteiger charge is -2.19. The highest BCUT2D eigenvalue weighted by molar-refractivity contribution is 5.96. The van der Waals surface area contributed by atoms with Crippen molar-refractivity contribution >= 4 is 17.6 Å². The number of anilines is 1. The first-order valence-corrected chi connectivity index (χ1v) is 6.80. The number of carbonyl (C=O) groups excluding carboxylic acids is 2. The summed E-state index contributed by atoms with van der Waals surface area (Å²) in [7, 11) is 0. The van der Waals surface area contributed by atoms with Crippen LogP contribution in [0.15, 0.2) is 42.7 Å². The Hall–Kier alpha value is -3.27. The molecule has 0 unspecified atom stereocenters. The van der Waals surface area contributed by atoms with Gasteiger partial charge in [0.1, 0.15) is 6.54 Å². The average Bonchev–Trinajstić information content (AvgIpc) is 2.58. The van der Waals surface area contributed by atoms with E-state index in [4.69, 9.17) is 10.00 Å². The van der Waals surface area contributed by atoms with Crippen LogP contribution in [0.25, 0.3) is 0 Å². The molecule has 1 aromatic carbocycles. The molecule has 1 amide bonds. The molecule has 1 aromatic heterocycles. The van der Waals surface area contributed by atoms with Crippen LogP contribution in [-0.4, -0.2) is 35.0 Å². The van der Waals surface area contributed by atoms with Gasteiger partial charge in [-0.05, 0) is 19.1 Å². The number of nitriles is 1. The number of hydrogen-bond acceptors (Lipinski definition) is 6. The van der Waals surface area contributed by atoms with Crippen LogP contribution in [-0.2, 0) is 9.53 Å². The van der Waals surface area contributed by atoms with Crippen LogP contribution < -0.4 is 4.90 Å². The predicted molar refractivity (Wildman–Crippen MR) is 81.5 cm³/mol. The minimum absolute atomic E-state index is 0.0231. The molecule has 0 spiro atoms. The van der Waals surface area contributed by atoms with Crippen molar-refractivity contribution in [1.82, 2.24) is 9.97 Å². The maximum absolute atomic E-state index is 12.2. The Kier molecular flexibility index (Phi) is 5.36. The number of rotatable bonds is 5. The summed E-state index contributed by atoms with van der Waals surface area (Å²) in [6.07, 6.45) is 2.72. The second kappa shape index (κ2) is 7.66. The second-order valence-corrected chi connectivity index (χ2v) is 4.59. The SMILES string of the molecule is Cc1cnc(C(=O)OCC(=O)N(CC#N)c2ccccc2)cn1. The molecule has 0 atom stereocenters. The van der Waals surface area contributed by atoms with Crippen LogP contribution in [0, 0.1) is 18.3 Å². The Morgan fingerprint density at radius 2 is 1.96 bits per heavy atom. The van der Waals surface area contributed by atoms with Gasteiger partial charge in [0.15, 0.2) is 12.3 Å². The van der Waals surface area contributed by atoms with E-state index in [-0.39, 0.29) is 12.2 Å². The highest BCUT2D eigenvalue weighted by Crippen LogP contribution is 2.13. The van der Waals surface area contributed by atoms with Gasteiger partial charge in [-0.2, -0.15) is 5.26 Å². The molecule has 2 aromatic rings. The first-order valence-electron chi connectivity index (χ1n) is 6.80. The van der Waals surface area contributed by atoms with Crippen LogP contribution in [0.2, 0.25) is 0 Å². The maximum atomic E-state index is 12.2. The zero-order valence-electron chi connectivity index (χ0n) is 12.5. The summed E-state index contributed by atoms with van der Waals surface area (Å²) in [6, 6.07) is 10.6. The number of amides is 1. The third-order valence-corrected chi connectivity index (χ3v) is 2.91. The fraction of sp³-hybridized carbons (Fsp3) is 0.188. The predicted octanol–water partition coefficient (Wildman–Crippen LogP) is 1.50. The minimum atomic E-state index is -0.740. The van der Waals surface area contributed by atoms with E-state index >= 15 is 0 Å². The van der Waals surface area contributed by atoms with Gasteiger partial charge in [0.25, 0.3) is 5.91 Å². The zero-order chi connectivity index (χ0) is 16.7. The van der Waals surface area contributed by atoms with Crippen LogP contribution in [0.1, 0.15) is 16.2 Å². The van der Waals surface area contributed by atoms with Crippen molar-refractivity contribution in [1.29, 1.82) is 5.26 Å². The molecule has 116 valence electrons.